The zero-order valence-electron chi connectivity index (χ0n) is 14.5. The van der Waals surface area contributed by atoms with E-state index in [1.807, 2.05) is 18.2 Å². The first-order valence-corrected chi connectivity index (χ1v) is 11.1. The summed E-state index contributed by atoms with van der Waals surface area (Å²) in [6.45, 7) is 0. The van der Waals surface area contributed by atoms with Crippen molar-refractivity contribution in [3.63, 3.8) is 0 Å². The van der Waals surface area contributed by atoms with Crippen molar-refractivity contribution < 1.29 is 14.1 Å². The summed E-state index contributed by atoms with van der Waals surface area (Å²) in [6.07, 6.45) is -0.168. The predicted octanol–water partition coefficient (Wildman–Crippen LogP) is 3.81. The molecule has 1 aliphatic rings. The zero-order valence-corrected chi connectivity index (χ0v) is 16.8. The van der Waals surface area contributed by atoms with Crippen LogP contribution in [-0.4, -0.2) is 32.8 Å². The fourth-order valence-electron chi connectivity index (χ4n) is 2.93. The van der Waals surface area contributed by atoms with Crippen LogP contribution in [0.3, 0.4) is 0 Å². The molecule has 2 aromatic carbocycles. The van der Waals surface area contributed by atoms with E-state index in [0.717, 1.165) is 11.1 Å². The SMILES string of the molecule is NC1CCS(=O)(CCC(O)c2ccc(-c3ccc(Cl)cc3Cl)cc2)=NC1=O. The Balaban J connectivity index is 1.69. The average Bonchev–Trinajstić information content (AvgIpc) is 2.64. The van der Waals surface area contributed by atoms with Crippen LogP contribution in [0.15, 0.2) is 46.8 Å². The van der Waals surface area contributed by atoms with E-state index in [0.29, 0.717) is 27.8 Å². The van der Waals surface area contributed by atoms with Crippen LogP contribution < -0.4 is 5.73 Å². The van der Waals surface area contributed by atoms with E-state index >= 15 is 0 Å². The Labute approximate surface area is 168 Å². The number of nitrogens with two attached hydrogens (primary N) is 1. The maximum atomic E-state index is 12.6. The Morgan fingerprint density at radius 2 is 1.93 bits per heavy atom. The number of carbonyl (C=O) groups is 1. The van der Waals surface area contributed by atoms with E-state index in [-0.39, 0.29) is 12.2 Å². The Morgan fingerprint density at radius 3 is 2.56 bits per heavy atom. The molecular weight excluding hydrogens is 407 g/mol. The fraction of sp³-hybridized carbons (Fsp3) is 0.316. The Hall–Kier alpha value is -1.44. The van der Waals surface area contributed by atoms with Gasteiger partial charge in [-0.05, 0) is 36.1 Å². The highest BCUT2D eigenvalue weighted by molar-refractivity contribution is 7.93. The predicted molar refractivity (Wildman–Crippen MR) is 109 cm³/mol. The molecule has 1 amide bonds. The number of halogens is 2. The lowest BCUT2D eigenvalue weighted by Crippen LogP contribution is -2.37. The Kier molecular flexibility index (Phi) is 6.23. The standard InChI is InChI=1S/C19H20Cl2N2O3S/c20-14-5-6-15(16(21)11-14)12-1-3-13(4-2-12)18(24)8-10-27(26)9-7-17(22)19(25)23-27/h1-6,11,17-18,24H,7-10,22H2. The molecule has 1 heterocycles. The van der Waals surface area contributed by atoms with E-state index in [2.05, 4.69) is 4.36 Å². The number of hydrogen-bond acceptors (Lipinski definition) is 4. The lowest BCUT2D eigenvalue weighted by atomic mass is 10.0. The van der Waals surface area contributed by atoms with Gasteiger partial charge < -0.3 is 10.8 Å². The highest BCUT2D eigenvalue weighted by atomic mass is 35.5. The zero-order chi connectivity index (χ0) is 19.6. The second-order valence-corrected chi connectivity index (χ2v) is 9.94. The maximum absolute atomic E-state index is 12.6. The molecule has 0 spiro atoms. The molecule has 27 heavy (non-hydrogen) atoms. The Bertz CT molecular complexity index is 969. The number of aliphatic hydroxyl groups is 1. The molecular formula is C19H20Cl2N2O3S. The van der Waals surface area contributed by atoms with Crippen molar-refractivity contribution in [2.24, 2.45) is 10.1 Å². The molecule has 144 valence electrons. The van der Waals surface area contributed by atoms with E-state index in [1.165, 1.54) is 0 Å². The van der Waals surface area contributed by atoms with E-state index < -0.39 is 27.8 Å². The third-order valence-electron chi connectivity index (χ3n) is 4.57. The van der Waals surface area contributed by atoms with Crippen molar-refractivity contribution in [1.29, 1.82) is 0 Å². The molecule has 0 radical (unpaired) electrons. The van der Waals surface area contributed by atoms with Gasteiger partial charge in [-0.1, -0.05) is 53.5 Å². The van der Waals surface area contributed by atoms with Gasteiger partial charge in [0.25, 0.3) is 5.91 Å². The summed E-state index contributed by atoms with van der Waals surface area (Å²) in [6, 6.07) is 12.0. The van der Waals surface area contributed by atoms with Crippen LogP contribution in [0.5, 0.6) is 0 Å². The molecule has 3 unspecified atom stereocenters. The van der Waals surface area contributed by atoms with Gasteiger partial charge in [0.05, 0.1) is 21.9 Å². The summed E-state index contributed by atoms with van der Waals surface area (Å²) < 4.78 is 16.4. The normalized spacial score (nSPS) is 23.7. The molecule has 3 atom stereocenters. The molecule has 8 heteroatoms. The number of hydrogen-bond donors (Lipinski definition) is 2. The minimum absolute atomic E-state index is 0.164. The van der Waals surface area contributed by atoms with Gasteiger partial charge in [-0.3, -0.25) is 4.79 Å². The van der Waals surface area contributed by atoms with Crippen molar-refractivity contribution >= 4 is 38.8 Å². The molecule has 0 bridgehead atoms. The molecule has 3 rings (SSSR count). The third kappa shape index (κ3) is 4.89. The third-order valence-corrected chi connectivity index (χ3v) is 7.38. The van der Waals surface area contributed by atoms with Crippen molar-refractivity contribution in [1.82, 2.24) is 0 Å². The molecule has 2 aromatic rings. The first-order valence-electron chi connectivity index (χ1n) is 8.53. The maximum Gasteiger partial charge on any atom is 0.270 e. The molecule has 5 nitrogen and oxygen atoms in total. The molecule has 0 saturated carbocycles. The monoisotopic (exact) mass is 426 g/mol. The van der Waals surface area contributed by atoms with Gasteiger partial charge >= 0.3 is 0 Å². The second-order valence-electron chi connectivity index (χ2n) is 6.56. The summed E-state index contributed by atoms with van der Waals surface area (Å²) in [7, 11) is -2.63. The summed E-state index contributed by atoms with van der Waals surface area (Å²) in [5.74, 6) is -0.0529. The summed E-state index contributed by atoms with van der Waals surface area (Å²) in [5.41, 5.74) is 8.04. The molecule has 0 aromatic heterocycles. The Morgan fingerprint density at radius 1 is 1.22 bits per heavy atom. The highest BCUT2D eigenvalue weighted by Crippen LogP contribution is 2.31. The lowest BCUT2D eigenvalue weighted by molar-refractivity contribution is -0.119. The highest BCUT2D eigenvalue weighted by Gasteiger charge is 2.25. The number of benzene rings is 2. The van der Waals surface area contributed by atoms with Gasteiger partial charge in [-0.25, -0.2) is 4.21 Å². The molecule has 0 fully saturated rings. The van der Waals surface area contributed by atoms with Gasteiger partial charge in [0.1, 0.15) is 0 Å². The van der Waals surface area contributed by atoms with Crippen molar-refractivity contribution in [3.05, 3.63) is 58.1 Å². The van der Waals surface area contributed by atoms with Crippen LogP contribution in [0.2, 0.25) is 10.0 Å². The summed E-state index contributed by atoms with van der Waals surface area (Å²) in [5, 5.41) is 11.5. The van der Waals surface area contributed by atoms with Crippen LogP contribution in [0.4, 0.5) is 0 Å². The molecule has 3 N–H and O–H groups in total. The van der Waals surface area contributed by atoms with Gasteiger partial charge in [0.2, 0.25) is 0 Å². The minimum Gasteiger partial charge on any atom is -0.388 e. The first kappa shape index (κ1) is 20.3. The van der Waals surface area contributed by atoms with Crippen molar-refractivity contribution in [2.75, 3.05) is 11.5 Å². The van der Waals surface area contributed by atoms with Gasteiger partial charge in [0.15, 0.2) is 0 Å². The van der Waals surface area contributed by atoms with Gasteiger partial charge in [-0.2, -0.15) is 4.36 Å². The van der Waals surface area contributed by atoms with Crippen LogP contribution in [0.25, 0.3) is 11.1 Å². The largest absolute Gasteiger partial charge is 0.388 e. The van der Waals surface area contributed by atoms with Gasteiger partial charge in [0, 0.05) is 27.1 Å². The van der Waals surface area contributed by atoms with E-state index in [4.69, 9.17) is 28.9 Å². The number of nitrogens with zero attached hydrogens (tertiary/aromatic N) is 1. The molecule has 0 aliphatic carbocycles. The van der Waals surface area contributed by atoms with Crippen LogP contribution in [-0.2, 0) is 14.5 Å². The number of aliphatic hydroxyl groups excluding tert-OH is 1. The smallest absolute Gasteiger partial charge is 0.270 e. The lowest BCUT2D eigenvalue weighted by Gasteiger charge is -2.19. The average molecular weight is 427 g/mol. The fourth-order valence-corrected chi connectivity index (χ4v) is 5.51. The quantitative estimate of drug-likeness (QED) is 0.759. The van der Waals surface area contributed by atoms with Crippen LogP contribution in [0.1, 0.15) is 24.5 Å². The van der Waals surface area contributed by atoms with Crippen molar-refractivity contribution in [2.45, 2.75) is 25.0 Å². The summed E-state index contributed by atoms with van der Waals surface area (Å²) >= 11 is 12.1. The van der Waals surface area contributed by atoms with Crippen LogP contribution in [0, 0.1) is 0 Å². The topological polar surface area (TPSA) is 92.8 Å². The molecule has 1 aliphatic heterocycles. The van der Waals surface area contributed by atoms with E-state index in [1.54, 1.807) is 24.3 Å². The van der Waals surface area contributed by atoms with E-state index in [9.17, 15) is 14.1 Å². The second kappa shape index (κ2) is 8.29. The molecule has 0 saturated heterocycles. The van der Waals surface area contributed by atoms with Gasteiger partial charge in [-0.15, -0.1) is 0 Å². The van der Waals surface area contributed by atoms with Crippen molar-refractivity contribution in [3.8, 4) is 11.1 Å². The number of rotatable bonds is 5. The summed E-state index contributed by atoms with van der Waals surface area (Å²) in [4.78, 5) is 11.6. The van der Waals surface area contributed by atoms with Crippen LogP contribution >= 0.6 is 23.2 Å². The first-order chi connectivity index (χ1) is 12.8. The minimum atomic E-state index is -2.63. The number of carbonyl (C=O) groups excluding carboxylic acids is 1. The number of amides is 1.